The van der Waals surface area contributed by atoms with Gasteiger partial charge in [-0.2, -0.15) is 13.2 Å². The van der Waals surface area contributed by atoms with Crippen LogP contribution in [0.3, 0.4) is 0 Å². The van der Waals surface area contributed by atoms with Crippen molar-refractivity contribution in [1.29, 1.82) is 0 Å². The third-order valence-electron chi connectivity index (χ3n) is 5.11. The average molecular weight is 456 g/mol. The molecule has 10 heteroatoms. The molecule has 3 aromatic rings. The van der Waals surface area contributed by atoms with Crippen LogP contribution in [0.2, 0.25) is 0 Å². The van der Waals surface area contributed by atoms with Crippen LogP contribution in [0, 0.1) is 0 Å². The van der Waals surface area contributed by atoms with Gasteiger partial charge in [0.25, 0.3) is 5.91 Å². The molecule has 7 nitrogen and oxygen atoms in total. The van der Waals surface area contributed by atoms with E-state index < -0.39 is 17.8 Å². The lowest BCUT2D eigenvalue weighted by Crippen LogP contribution is -2.33. The molecule has 2 heterocycles. The van der Waals surface area contributed by atoms with Gasteiger partial charge in [-0.05, 0) is 54.4 Å². The van der Waals surface area contributed by atoms with E-state index in [9.17, 15) is 22.8 Å². The van der Waals surface area contributed by atoms with E-state index in [0.29, 0.717) is 17.2 Å². The number of carbonyl (C=O) groups is 2. The number of halogens is 3. The van der Waals surface area contributed by atoms with Crippen molar-refractivity contribution in [2.75, 3.05) is 23.8 Å². The molecule has 0 saturated carbocycles. The maximum absolute atomic E-state index is 13.2. The number of ether oxygens (including phenoxy) is 1. The predicted octanol–water partition coefficient (Wildman–Crippen LogP) is 4.85. The molecule has 1 aliphatic heterocycles. The van der Waals surface area contributed by atoms with E-state index in [-0.39, 0.29) is 35.8 Å². The van der Waals surface area contributed by atoms with Crippen LogP contribution in [0.25, 0.3) is 0 Å². The second-order valence-corrected chi connectivity index (χ2v) is 7.22. The van der Waals surface area contributed by atoms with Gasteiger partial charge in [0.2, 0.25) is 0 Å². The van der Waals surface area contributed by atoms with E-state index in [1.165, 1.54) is 36.3 Å². The summed E-state index contributed by atoms with van der Waals surface area (Å²) < 4.78 is 45.4. The van der Waals surface area contributed by atoms with Crippen LogP contribution < -0.4 is 20.3 Å². The van der Waals surface area contributed by atoms with Gasteiger partial charge in [0.05, 0.1) is 5.56 Å². The molecular formula is C23H19F3N4O3. The van der Waals surface area contributed by atoms with Crippen LogP contribution in [0.1, 0.15) is 21.6 Å². The number of amides is 3. The van der Waals surface area contributed by atoms with Crippen molar-refractivity contribution in [2.24, 2.45) is 0 Å². The second-order valence-electron chi connectivity index (χ2n) is 7.22. The second kappa shape index (κ2) is 8.81. The number of fused-ring (bicyclic) bond motifs is 1. The SMILES string of the molecule is CNC(=O)c1cc(Oc2ccc(NC(=O)N3CCc4c3cccc4C(F)(F)F)cc2)ccn1. The molecule has 170 valence electrons. The summed E-state index contributed by atoms with van der Waals surface area (Å²) >= 11 is 0. The summed E-state index contributed by atoms with van der Waals surface area (Å²) in [5.41, 5.74) is 0.323. The van der Waals surface area contributed by atoms with Gasteiger partial charge in [0.1, 0.15) is 17.2 Å². The molecule has 1 aliphatic rings. The number of alkyl halides is 3. The molecule has 0 unspecified atom stereocenters. The minimum Gasteiger partial charge on any atom is -0.457 e. The lowest BCUT2D eigenvalue weighted by molar-refractivity contribution is -0.138. The van der Waals surface area contributed by atoms with E-state index in [1.54, 1.807) is 30.3 Å². The third-order valence-corrected chi connectivity index (χ3v) is 5.11. The molecule has 1 aromatic heterocycles. The number of urea groups is 1. The molecule has 2 N–H and O–H groups in total. The van der Waals surface area contributed by atoms with Gasteiger partial charge in [-0.25, -0.2) is 4.79 Å². The topological polar surface area (TPSA) is 83.6 Å². The zero-order valence-electron chi connectivity index (χ0n) is 17.4. The van der Waals surface area contributed by atoms with Crippen LogP contribution in [-0.4, -0.2) is 30.5 Å². The molecule has 0 bridgehead atoms. The van der Waals surface area contributed by atoms with Gasteiger partial charge in [-0.15, -0.1) is 0 Å². The normalized spacial score (nSPS) is 12.8. The number of nitrogens with zero attached hydrogens (tertiary/aromatic N) is 2. The largest absolute Gasteiger partial charge is 0.457 e. The molecule has 0 radical (unpaired) electrons. The Morgan fingerprint density at radius 1 is 1.06 bits per heavy atom. The summed E-state index contributed by atoms with van der Waals surface area (Å²) in [6, 6.07) is 12.9. The number of aromatic nitrogens is 1. The highest BCUT2D eigenvalue weighted by Crippen LogP contribution is 2.39. The fraction of sp³-hybridized carbons (Fsp3) is 0.174. The first kappa shape index (κ1) is 22.1. The molecule has 3 amide bonds. The van der Waals surface area contributed by atoms with Crippen LogP contribution >= 0.6 is 0 Å². The van der Waals surface area contributed by atoms with E-state index >= 15 is 0 Å². The number of hydrogen-bond donors (Lipinski definition) is 2. The Balaban J connectivity index is 1.44. The lowest BCUT2D eigenvalue weighted by Gasteiger charge is -2.19. The Bertz CT molecular complexity index is 1200. The molecule has 0 fully saturated rings. The zero-order valence-corrected chi connectivity index (χ0v) is 17.4. The van der Waals surface area contributed by atoms with Crippen molar-refractivity contribution in [1.82, 2.24) is 10.3 Å². The van der Waals surface area contributed by atoms with Gasteiger partial charge >= 0.3 is 12.2 Å². The van der Waals surface area contributed by atoms with Crippen molar-refractivity contribution in [3.63, 3.8) is 0 Å². The summed E-state index contributed by atoms with van der Waals surface area (Å²) in [5.74, 6) is 0.530. The van der Waals surface area contributed by atoms with Gasteiger partial charge in [-0.3, -0.25) is 14.7 Å². The number of hydrogen-bond acceptors (Lipinski definition) is 4. The van der Waals surface area contributed by atoms with Crippen LogP contribution in [-0.2, 0) is 12.6 Å². The monoisotopic (exact) mass is 456 g/mol. The highest BCUT2D eigenvalue weighted by atomic mass is 19.4. The Morgan fingerprint density at radius 3 is 2.52 bits per heavy atom. The highest BCUT2D eigenvalue weighted by molar-refractivity contribution is 6.03. The smallest absolute Gasteiger partial charge is 0.416 e. The quantitative estimate of drug-likeness (QED) is 0.588. The summed E-state index contributed by atoms with van der Waals surface area (Å²) in [6.45, 7) is 0.158. The van der Waals surface area contributed by atoms with E-state index in [1.807, 2.05) is 0 Å². The van der Waals surface area contributed by atoms with Crippen molar-refractivity contribution >= 4 is 23.3 Å². The van der Waals surface area contributed by atoms with Crippen LogP contribution in [0.15, 0.2) is 60.8 Å². The standard InChI is InChI=1S/C23H19F3N4O3/c1-27-21(31)19-13-16(9-11-28-19)33-15-7-5-14(6-8-15)29-22(32)30-12-10-17-18(23(24,25)26)3-2-4-20(17)30/h2-9,11,13H,10,12H2,1H3,(H,27,31)(H,29,32). The number of nitrogens with one attached hydrogen (secondary N) is 2. The molecule has 4 rings (SSSR count). The van der Waals surface area contributed by atoms with E-state index in [2.05, 4.69) is 15.6 Å². The first-order chi connectivity index (χ1) is 15.8. The fourth-order valence-electron chi connectivity index (χ4n) is 3.57. The number of benzene rings is 2. The molecule has 0 atom stereocenters. The third kappa shape index (κ3) is 4.74. The van der Waals surface area contributed by atoms with E-state index in [0.717, 1.165) is 6.07 Å². The first-order valence-electron chi connectivity index (χ1n) is 10.00. The lowest BCUT2D eigenvalue weighted by atomic mass is 10.0. The molecule has 0 saturated heterocycles. The van der Waals surface area contributed by atoms with Crippen molar-refractivity contribution in [3.05, 3.63) is 77.6 Å². The summed E-state index contributed by atoms with van der Waals surface area (Å²) in [5, 5.41) is 5.17. The maximum Gasteiger partial charge on any atom is 0.416 e. The Labute approximate surface area is 187 Å². The minimum atomic E-state index is -4.47. The highest BCUT2D eigenvalue weighted by Gasteiger charge is 2.37. The van der Waals surface area contributed by atoms with E-state index in [4.69, 9.17) is 4.74 Å². The van der Waals surface area contributed by atoms with Crippen molar-refractivity contribution in [3.8, 4) is 11.5 Å². The number of pyridine rings is 1. The average Bonchev–Trinajstić information content (AvgIpc) is 3.23. The first-order valence-corrected chi connectivity index (χ1v) is 10.00. The summed E-state index contributed by atoms with van der Waals surface area (Å²) in [6.07, 6.45) is -2.88. The number of anilines is 2. The Kier molecular flexibility index (Phi) is 5.91. The molecular weight excluding hydrogens is 437 g/mol. The van der Waals surface area contributed by atoms with Gasteiger partial charge in [-0.1, -0.05) is 6.07 Å². The van der Waals surface area contributed by atoms with Gasteiger partial charge in [0.15, 0.2) is 0 Å². The number of rotatable bonds is 4. The fourth-order valence-corrected chi connectivity index (χ4v) is 3.57. The zero-order chi connectivity index (χ0) is 23.6. The van der Waals surface area contributed by atoms with Crippen molar-refractivity contribution < 1.29 is 27.5 Å². The van der Waals surface area contributed by atoms with Gasteiger partial charge in [0, 0.05) is 37.2 Å². The Morgan fingerprint density at radius 2 is 1.82 bits per heavy atom. The maximum atomic E-state index is 13.2. The van der Waals surface area contributed by atoms with Crippen molar-refractivity contribution in [2.45, 2.75) is 12.6 Å². The predicted molar refractivity (Wildman–Crippen MR) is 116 cm³/mol. The number of carbonyl (C=O) groups excluding carboxylic acids is 2. The summed E-state index contributed by atoms with van der Waals surface area (Å²) in [4.78, 5) is 29.7. The molecule has 2 aromatic carbocycles. The van der Waals surface area contributed by atoms with Crippen LogP contribution in [0.5, 0.6) is 11.5 Å². The van der Waals surface area contributed by atoms with Gasteiger partial charge < -0.3 is 15.4 Å². The molecule has 0 aliphatic carbocycles. The minimum absolute atomic E-state index is 0.123. The Hall–Kier alpha value is -4.08. The molecule has 0 spiro atoms. The van der Waals surface area contributed by atoms with Crippen LogP contribution in [0.4, 0.5) is 29.3 Å². The molecule has 33 heavy (non-hydrogen) atoms. The summed E-state index contributed by atoms with van der Waals surface area (Å²) in [7, 11) is 1.50.